The minimum atomic E-state index is -3.50. The number of phenolic OH excluding ortho intramolecular Hbond substituents is 1. The SMILES string of the molecule is CCCCNS(=O)(=O)c1cc(O)ccc1C. The topological polar surface area (TPSA) is 66.4 Å². The Balaban J connectivity index is 2.93. The number of phenols is 1. The molecule has 0 unspecified atom stereocenters. The summed E-state index contributed by atoms with van der Waals surface area (Å²) in [6, 6.07) is 4.33. The third kappa shape index (κ3) is 3.21. The molecule has 0 spiro atoms. The van der Waals surface area contributed by atoms with Gasteiger partial charge in [0.2, 0.25) is 10.0 Å². The third-order valence-corrected chi connectivity index (χ3v) is 3.89. The van der Waals surface area contributed by atoms with Crippen molar-refractivity contribution >= 4 is 10.0 Å². The highest BCUT2D eigenvalue weighted by Gasteiger charge is 2.16. The fraction of sp³-hybridized carbons (Fsp3) is 0.455. The van der Waals surface area contributed by atoms with E-state index in [1.165, 1.54) is 12.1 Å². The Kier molecular flexibility index (Phi) is 4.32. The largest absolute Gasteiger partial charge is 0.508 e. The number of aryl methyl sites for hydroxylation is 1. The quantitative estimate of drug-likeness (QED) is 0.775. The molecule has 4 nitrogen and oxygen atoms in total. The number of hydrogen-bond donors (Lipinski definition) is 2. The second-order valence-electron chi connectivity index (χ2n) is 3.70. The molecule has 1 rings (SSSR count). The number of sulfonamides is 1. The summed E-state index contributed by atoms with van der Waals surface area (Å²) in [5, 5.41) is 9.28. The second kappa shape index (κ2) is 5.32. The van der Waals surface area contributed by atoms with Crippen LogP contribution in [0, 0.1) is 6.92 Å². The normalized spacial score (nSPS) is 11.6. The van der Waals surface area contributed by atoms with Crippen LogP contribution in [-0.2, 0) is 10.0 Å². The van der Waals surface area contributed by atoms with Crippen LogP contribution in [0.3, 0.4) is 0 Å². The van der Waals surface area contributed by atoms with Gasteiger partial charge in [0.05, 0.1) is 4.90 Å². The first kappa shape index (κ1) is 13.0. The lowest BCUT2D eigenvalue weighted by Gasteiger charge is -2.09. The Labute approximate surface area is 96.4 Å². The number of unbranched alkanes of at least 4 members (excludes halogenated alkanes) is 1. The van der Waals surface area contributed by atoms with Crippen molar-refractivity contribution in [2.75, 3.05) is 6.54 Å². The zero-order valence-corrected chi connectivity index (χ0v) is 10.3. The van der Waals surface area contributed by atoms with Gasteiger partial charge in [-0.2, -0.15) is 0 Å². The van der Waals surface area contributed by atoms with Gasteiger partial charge in [0.15, 0.2) is 0 Å². The van der Waals surface area contributed by atoms with Crippen molar-refractivity contribution < 1.29 is 13.5 Å². The van der Waals surface area contributed by atoms with Gasteiger partial charge in [0, 0.05) is 12.6 Å². The van der Waals surface area contributed by atoms with Gasteiger partial charge in [-0.15, -0.1) is 0 Å². The zero-order chi connectivity index (χ0) is 12.2. The lowest BCUT2D eigenvalue weighted by Crippen LogP contribution is -2.25. The van der Waals surface area contributed by atoms with E-state index in [0.717, 1.165) is 12.8 Å². The van der Waals surface area contributed by atoms with Crippen LogP contribution < -0.4 is 4.72 Å². The van der Waals surface area contributed by atoms with Crippen LogP contribution in [0.5, 0.6) is 5.75 Å². The molecule has 0 aliphatic carbocycles. The molecule has 90 valence electrons. The molecule has 0 atom stereocenters. The van der Waals surface area contributed by atoms with Crippen molar-refractivity contribution in [1.82, 2.24) is 4.72 Å². The van der Waals surface area contributed by atoms with Gasteiger partial charge in [-0.3, -0.25) is 0 Å². The van der Waals surface area contributed by atoms with Crippen LogP contribution in [0.15, 0.2) is 23.1 Å². The Morgan fingerprint density at radius 1 is 1.38 bits per heavy atom. The number of rotatable bonds is 5. The second-order valence-corrected chi connectivity index (χ2v) is 5.44. The maximum Gasteiger partial charge on any atom is 0.240 e. The molecule has 0 saturated carbocycles. The lowest BCUT2D eigenvalue weighted by atomic mass is 10.2. The standard InChI is InChI=1S/C11H17NO3S/c1-3-4-7-12-16(14,15)11-8-10(13)6-5-9(11)2/h5-6,8,12-13H,3-4,7H2,1-2H3. The maximum absolute atomic E-state index is 11.9. The summed E-state index contributed by atoms with van der Waals surface area (Å²) >= 11 is 0. The van der Waals surface area contributed by atoms with E-state index in [4.69, 9.17) is 0 Å². The highest BCUT2D eigenvalue weighted by atomic mass is 32.2. The molecular formula is C11H17NO3S. The number of hydrogen-bond acceptors (Lipinski definition) is 3. The molecule has 0 aliphatic heterocycles. The average Bonchev–Trinajstić information content (AvgIpc) is 2.22. The van der Waals surface area contributed by atoms with Crippen molar-refractivity contribution in [2.45, 2.75) is 31.6 Å². The van der Waals surface area contributed by atoms with Crippen LogP contribution in [0.2, 0.25) is 0 Å². The maximum atomic E-state index is 11.9. The number of aromatic hydroxyl groups is 1. The predicted molar refractivity (Wildman–Crippen MR) is 62.9 cm³/mol. The summed E-state index contributed by atoms with van der Waals surface area (Å²) in [4.78, 5) is 0.142. The van der Waals surface area contributed by atoms with Gasteiger partial charge >= 0.3 is 0 Å². The van der Waals surface area contributed by atoms with Gasteiger partial charge in [-0.25, -0.2) is 13.1 Å². The minimum absolute atomic E-state index is 0.0403. The molecule has 0 bridgehead atoms. The van der Waals surface area contributed by atoms with Gasteiger partial charge in [-0.1, -0.05) is 19.4 Å². The van der Waals surface area contributed by atoms with Gasteiger partial charge < -0.3 is 5.11 Å². The number of nitrogens with one attached hydrogen (secondary N) is 1. The van der Waals surface area contributed by atoms with Crippen LogP contribution in [0.4, 0.5) is 0 Å². The molecule has 0 aromatic heterocycles. The Morgan fingerprint density at radius 3 is 2.69 bits per heavy atom. The van der Waals surface area contributed by atoms with E-state index in [1.54, 1.807) is 13.0 Å². The van der Waals surface area contributed by atoms with Crippen LogP contribution in [0.1, 0.15) is 25.3 Å². The molecule has 1 aromatic rings. The Hall–Kier alpha value is -1.07. The fourth-order valence-corrected chi connectivity index (χ4v) is 2.68. The van der Waals surface area contributed by atoms with Gasteiger partial charge in [-0.05, 0) is 25.0 Å². The van der Waals surface area contributed by atoms with E-state index in [0.29, 0.717) is 12.1 Å². The van der Waals surface area contributed by atoms with Gasteiger partial charge in [0.1, 0.15) is 5.75 Å². The van der Waals surface area contributed by atoms with E-state index in [9.17, 15) is 13.5 Å². The summed E-state index contributed by atoms with van der Waals surface area (Å²) in [6.45, 7) is 4.12. The van der Waals surface area contributed by atoms with Crippen LogP contribution in [0.25, 0.3) is 0 Å². The number of benzene rings is 1. The first-order valence-electron chi connectivity index (χ1n) is 5.26. The Morgan fingerprint density at radius 2 is 2.06 bits per heavy atom. The molecular weight excluding hydrogens is 226 g/mol. The smallest absolute Gasteiger partial charge is 0.240 e. The molecule has 1 aromatic carbocycles. The summed E-state index contributed by atoms with van der Waals surface area (Å²) in [5.41, 5.74) is 0.627. The van der Waals surface area contributed by atoms with E-state index in [-0.39, 0.29) is 10.6 Å². The minimum Gasteiger partial charge on any atom is -0.508 e. The first-order valence-corrected chi connectivity index (χ1v) is 6.75. The van der Waals surface area contributed by atoms with Crippen molar-refractivity contribution in [3.05, 3.63) is 23.8 Å². The lowest BCUT2D eigenvalue weighted by molar-refractivity contribution is 0.472. The van der Waals surface area contributed by atoms with E-state index >= 15 is 0 Å². The highest BCUT2D eigenvalue weighted by Crippen LogP contribution is 2.20. The summed E-state index contributed by atoms with van der Waals surface area (Å²) < 4.78 is 26.2. The summed E-state index contributed by atoms with van der Waals surface area (Å²) in [5.74, 6) is -0.0403. The molecule has 0 fully saturated rings. The molecule has 16 heavy (non-hydrogen) atoms. The monoisotopic (exact) mass is 243 g/mol. The van der Waals surface area contributed by atoms with Crippen molar-refractivity contribution in [2.24, 2.45) is 0 Å². The van der Waals surface area contributed by atoms with Crippen LogP contribution >= 0.6 is 0 Å². The van der Waals surface area contributed by atoms with Gasteiger partial charge in [0.25, 0.3) is 0 Å². The molecule has 0 saturated heterocycles. The molecule has 0 amide bonds. The first-order chi connectivity index (χ1) is 7.47. The van der Waals surface area contributed by atoms with Crippen molar-refractivity contribution in [1.29, 1.82) is 0 Å². The molecule has 0 heterocycles. The summed E-state index contributed by atoms with van der Waals surface area (Å²) in [6.07, 6.45) is 1.73. The van der Waals surface area contributed by atoms with E-state index in [2.05, 4.69) is 4.72 Å². The molecule has 2 N–H and O–H groups in total. The summed E-state index contributed by atoms with van der Waals surface area (Å²) in [7, 11) is -3.50. The van der Waals surface area contributed by atoms with Crippen molar-refractivity contribution in [3.8, 4) is 5.75 Å². The van der Waals surface area contributed by atoms with Crippen LogP contribution in [-0.4, -0.2) is 20.1 Å². The molecule has 0 aliphatic rings. The van der Waals surface area contributed by atoms with Crippen molar-refractivity contribution in [3.63, 3.8) is 0 Å². The predicted octanol–water partition coefficient (Wildman–Crippen LogP) is 1.78. The average molecular weight is 243 g/mol. The molecule has 5 heteroatoms. The van der Waals surface area contributed by atoms with E-state index < -0.39 is 10.0 Å². The van der Waals surface area contributed by atoms with E-state index in [1.807, 2.05) is 6.92 Å². The Bertz CT molecular complexity index is 454. The third-order valence-electron chi connectivity index (χ3n) is 2.28. The fourth-order valence-electron chi connectivity index (χ4n) is 1.34. The zero-order valence-electron chi connectivity index (χ0n) is 9.53. The molecule has 0 radical (unpaired) electrons. The highest BCUT2D eigenvalue weighted by molar-refractivity contribution is 7.89.